The summed E-state index contributed by atoms with van der Waals surface area (Å²) in [4.78, 5) is 77.2. The van der Waals surface area contributed by atoms with Crippen molar-refractivity contribution in [3.63, 3.8) is 0 Å². The van der Waals surface area contributed by atoms with Gasteiger partial charge in [-0.3, -0.25) is 19.2 Å². The molecule has 0 aliphatic rings. The van der Waals surface area contributed by atoms with E-state index in [4.69, 9.17) is 30.4 Å². The number of primary amides is 1. The van der Waals surface area contributed by atoms with Gasteiger partial charge in [-0.25, -0.2) is 9.59 Å². The molecule has 4 aromatic rings. The standard InChI is InChI=1S/C46H55N5O10.CH4/c1-58-41-21-19-33(25-35(41)43(48)54)28-40(53)38(18-10-12-24-50-46(57)61-30-32-15-7-4-8-16-32)51-44(55)36-26-34(20-22-42(36)59-2)27-39(52)37(47)17-9-11-23-49-45(56)60-29-31-13-5-3-6-14-31;/h3-8,13-16,19-22,25-26,37-38H,9-12,17-18,23-24,27-30,47H2,1-2H3,(H2,48,54)(H,49,56)(H,50,57)(H,51,55);1H4/t37-,38-;/m0./s1. The maximum absolute atomic E-state index is 13.9. The van der Waals surface area contributed by atoms with Gasteiger partial charge in [0, 0.05) is 25.9 Å². The zero-order valence-electron chi connectivity index (χ0n) is 34.6. The number of unbranched alkanes of at least 4 members (excludes halogenated alkanes) is 2. The van der Waals surface area contributed by atoms with Gasteiger partial charge < -0.3 is 46.4 Å². The summed E-state index contributed by atoms with van der Waals surface area (Å²) in [6.07, 6.45) is 1.46. The van der Waals surface area contributed by atoms with Crippen molar-refractivity contribution in [2.45, 2.75) is 84.1 Å². The first-order chi connectivity index (χ1) is 29.5. The van der Waals surface area contributed by atoms with Gasteiger partial charge in [-0.1, -0.05) is 80.2 Å². The SMILES string of the molecule is C.COc1ccc(CC(=O)[C@H](CCCCNC(=O)OCc2ccccc2)NC(=O)c2cc(CC(=O)[C@@H](N)CCCCNC(=O)OCc3ccccc3)ccc2OC)cc1C(N)=O. The molecule has 0 aliphatic carbocycles. The Balaban J connectivity index is 0.0000102. The summed E-state index contributed by atoms with van der Waals surface area (Å²) in [6.45, 7) is 0.929. The average Bonchev–Trinajstić information content (AvgIpc) is 3.27. The molecule has 15 heteroatoms. The van der Waals surface area contributed by atoms with E-state index in [1.807, 2.05) is 60.7 Å². The zero-order valence-corrected chi connectivity index (χ0v) is 34.6. The van der Waals surface area contributed by atoms with Crippen LogP contribution in [0.3, 0.4) is 0 Å². The lowest BCUT2D eigenvalue weighted by Gasteiger charge is -2.20. The van der Waals surface area contributed by atoms with E-state index < -0.39 is 36.1 Å². The number of ether oxygens (including phenoxy) is 4. The number of carbonyl (C=O) groups excluding carboxylic acids is 6. The maximum Gasteiger partial charge on any atom is 0.407 e. The minimum Gasteiger partial charge on any atom is -0.496 e. The molecule has 4 rings (SSSR count). The lowest BCUT2D eigenvalue weighted by molar-refractivity contribution is -0.120. The van der Waals surface area contributed by atoms with Gasteiger partial charge >= 0.3 is 12.2 Å². The first-order valence-electron chi connectivity index (χ1n) is 20.1. The number of alkyl carbamates (subject to hydrolysis) is 2. The summed E-state index contributed by atoms with van der Waals surface area (Å²) in [6, 6.07) is 26.3. The number of amides is 4. The zero-order chi connectivity index (χ0) is 44.0. The smallest absolute Gasteiger partial charge is 0.407 e. The molecule has 332 valence electrons. The van der Waals surface area contributed by atoms with E-state index in [2.05, 4.69) is 16.0 Å². The maximum atomic E-state index is 13.9. The quantitative estimate of drug-likeness (QED) is 0.0487. The Hall–Kier alpha value is -6.74. The molecule has 0 bridgehead atoms. The second-order valence-corrected chi connectivity index (χ2v) is 14.3. The molecule has 0 aromatic heterocycles. The van der Waals surface area contributed by atoms with Crippen molar-refractivity contribution in [2.24, 2.45) is 11.5 Å². The summed E-state index contributed by atoms with van der Waals surface area (Å²) in [5.74, 6) is -1.38. The van der Waals surface area contributed by atoms with Gasteiger partial charge in [0.05, 0.1) is 37.4 Å². The van der Waals surface area contributed by atoms with Crippen molar-refractivity contribution in [2.75, 3.05) is 27.3 Å². The Bertz CT molecular complexity index is 2080. The number of hydrogen-bond donors (Lipinski definition) is 5. The molecule has 0 heterocycles. The molecule has 4 amide bonds. The number of nitrogens with two attached hydrogens (primary N) is 2. The van der Waals surface area contributed by atoms with E-state index in [0.717, 1.165) is 11.1 Å². The first kappa shape index (κ1) is 49.6. The van der Waals surface area contributed by atoms with E-state index in [1.165, 1.54) is 20.3 Å². The molecule has 62 heavy (non-hydrogen) atoms. The molecular formula is C47H59N5O10. The Labute approximate surface area is 363 Å². The lowest BCUT2D eigenvalue weighted by Crippen LogP contribution is -2.42. The van der Waals surface area contributed by atoms with Crippen LogP contribution in [0.4, 0.5) is 9.59 Å². The summed E-state index contributed by atoms with van der Waals surface area (Å²) >= 11 is 0. The number of Topliss-reactive ketones (excluding diaryl/α,β-unsaturated/α-hetero) is 2. The fraction of sp³-hybridized carbons (Fsp3) is 0.362. The van der Waals surface area contributed by atoms with Crippen LogP contribution in [-0.2, 0) is 45.1 Å². The Kier molecular flexibility index (Phi) is 21.2. The minimum atomic E-state index is -0.972. The molecular weight excluding hydrogens is 795 g/mol. The van der Waals surface area contributed by atoms with Gasteiger partial charge in [0.15, 0.2) is 11.6 Å². The molecule has 0 radical (unpaired) electrons. The van der Waals surface area contributed by atoms with Gasteiger partial charge in [0.25, 0.3) is 11.8 Å². The van der Waals surface area contributed by atoms with Crippen molar-refractivity contribution >= 4 is 35.6 Å². The van der Waals surface area contributed by atoms with Crippen molar-refractivity contribution in [3.8, 4) is 11.5 Å². The van der Waals surface area contributed by atoms with E-state index in [9.17, 15) is 28.8 Å². The summed E-state index contributed by atoms with van der Waals surface area (Å²) in [7, 11) is 2.81. The molecule has 7 N–H and O–H groups in total. The third kappa shape index (κ3) is 16.7. The molecule has 0 saturated carbocycles. The number of carbonyl (C=O) groups is 6. The van der Waals surface area contributed by atoms with Crippen molar-refractivity contribution in [3.05, 3.63) is 130 Å². The Morgan fingerprint density at radius 3 is 1.55 bits per heavy atom. The van der Waals surface area contributed by atoms with Gasteiger partial charge in [-0.05, 0) is 85.0 Å². The number of methoxy groups -OCH3 is 2. The van der Waals surface area contributed by atoms with Gasteiger partial charge in [-0.2, -0.15) is 0 Å². The second-order valence-electron chi connectivity index (χ2n) is 14.3. The van der Waals surface area contributed by atoms with Gasteiger partial charge in [-0.15, -0.1) is 0 Å². The van der Waals surface area contributed by atoms with Crippen LogP contribution in [0.25, 0.3) is 0 Å². The fourth-order valence-electron chi connectivity index (χ4n) is 6.36. The molecule has 0 fully saturated rings. The number of rotatable bonds is 25. The highest BCUT2D eigenvalue weighted by Gasteiger charge is 2.25. The monoisotopic (exact) mass is 853 g/mol. The fourth-order valence-corrected chi connectivity index (χ4v) is 6.36. The summed E-state index contributed by atoms with van der Waals surface area (Å²) in [5.41, 5.74) is 14.8. The topological polar surface area (TPSA) is 227 Å². The predicted octanol–water partition coefficient (Wildman–Crippen LogP) is 5.98. The van der Waals surface area contributed by atoms with Crippen LogP contribution < -0.4 is 36.9 Å². The molecule has 15 nitrogen and oxygen atoms in total. The van der Waals surface area contributed by atoms with Crippen LogP contribution >= 0.6 is 0 Å². The van der Waals surface area contributed by atoms with Crippen LogP contribution in [0.1, 0.15) is 88.9 Å². The third-order valence-electron chi connectivity index (χ3n) is 9.73. The highest BCUT2D eigenvalue weighted by molar-refractivity contribution is 6.01. The van der Waals surface area contributed by atoms with E-state index in [1.54, 1.807) is 30.3 Å². The number of hydrogen-bond acceptors (Lipinski definition) is 11. The Morgan fingerprint density at radius 1 is 0.581 bits per heavy atom. The van der Waals surface area contributed by atoms with E-state index >= 15 is 0 Å². The lowest BCUT2D eigenvalue weighted by atomic mass is 9.96. The van der Waals surface area contributed by atoms with Crippen LogP contribution in [0.15, 0.2) is 97.1 Å². The average molecular weight is 854 g/mol. The van der Waals surface area contributed by atoms with Crippen molar-refractivity contribution in [1.29, 1.82) is 0 Å². The van der Waals surface area contributed by atoms with E-state index in [-0.39, 0.29) is 80.6 Å². The Morgan fingerprint density at radius 2 is 1.05 bits per heavy atom. The predicted molar refractivity (Wildman–Crippen MR) is 235 cm³/mol. The second kappa shape index (κ2) is 26.5. The molecule has 0 spiro atoms. The summed E-state index contributed by atoms with van der Waals surface area (Å²) < 4.78 is 21.2. The van der Waals surface area contributed by atoms with Crippen LogP contribution in [0.2, 0.25) is 0 Å². The molecule has 2 atom stereocenters. The normalized spacial score (nSPS) is 11.5. The van der Waals surface area contributed by atoms with Crippen molar-refractivity contribution < 1.29 is 47.7 Å². The third-order valence-corrected chi connectivity index (χ3v) is 9.73. The van der Waals surface area contributed by atoms with E-state index in [0.29, 0.717) is 49.8 Å². The van der Waals surface area contributed by atoms with Crippen LogP contribution in [0.5, 0.6) is 11.5 Å². The van der Waals surface area contributed by atoms with Crippen molar-refractivity contribution in [1.82, 2.24) is 16.0 Å². The highest BCUT2D eigenvalue weighted by atomic mass is 16.6. The van der Waals surface area contributed by atoms with Crippen LogP contribution in [0, 0.1) is 0 Å². The number of ketones is 2. The molecule has 0 aliphatic heterocycles. The van der Waals surface area contributed by atoms with Gasteiger partial charge in [0.1, 0.15) is 24.7 Å². The van der Waals surface area contributed by atoms with Crippen LogP contribution in [-0.4, -0.2) is 75.0 Å². The minimum absolute atomic E-state index is 0. The molecule has 4 aromatic carbocycles. The summed E-state index contributed by atoms with van der Waals surface area (Å²) in [5, 5.41) is 8.25. The molecule has 0 saturated heterocycles. The number of nitrogens with one attached hydrogen (secondary N) is 3. The highest BCUT2D eigenvalue weighted by Crippen LogP contribution is 2.23. The number of benzene rings is 4. The molecule has 0 unspecified atom stereocenters. The first-order valence-corrected chi connectivity index (χ1v) is 20.1. The largest absolute Gasteiger partial charge is 0.496 e. The van der Waals surface area contributed by atoms with Gasteiger partial charge in [0.2, 0.25) is 0 Å².